The highest BCUT2D eigenvalue weighted by molar-refractivity contribution is 5.78. The lowest BCUT2D eigenvalue weighted by Crippen LogP contribution is -2.24. The highest BCUT2D eigenvalue weighted by Gasteiger charge is 2.08. The lowest BCUT2D eigenvalue weighted by Gasteiger charge is -2.06. The molecule has 0 saturated carbocycles. The van der Waals surface area contributed by atoms with Crippen molar-refractivity contribution in [2.45, 2.75) is 26.8 Å². The SMILES string of the molecule is COc1cccc(CC(=O)NCc2cc(C)oc2C)c1. The molecule has 1 heterocycles. The molecule has 4 nitrogen and oxygen atoms in total. The van der Waals surface area contributed by atoms with Crippen molar-refractivity contribution in [1.82, 2.24) is 5.32 Å². The first kappa shape index (κ1) is 14.2. The van der Waals surface area contributed by atoms with Crippen LogP contribution in [-0.2, 0) is 17.8 Å². The van der Waals surface area contributed by atoms with Gasteiger partial charge in [-0.25, -0.2) is 0 Å². The zero-order valence-electron chi connectivity index (χ0n) is 12.0. The van der Waals surface area contributed by atoms with Crippen LogP contribution in [0.3, 0.4) is 0 Å². The van der Waals surface area contributed by atoms with Gasteiger partial charge in [0.2, 0.25) is 5.91 Å². The maximum Gasteiger partial charge on any atom is 0.224 e. The van der Waals surface area contributed by atoms with Crippen molar-refractivity contribution >= 4 is 5.91 Å². The molecular weight excluding hydrogens is 254 g/mol. The molecule has 1 amide bonds. The van der Waals surface area contributed by atoms with Crippen molar-refractivity contribution in [3.63, 3.8) is 0 Å². The molecule has 1 aromatic carbocycles. The average Bonchev–Trinajstić information content (AvgIpc) is 2.75. The van der Waals surface area contributed by atoms with Crippen molar-refractivity contribution in [3.05, 3.63) is 53.0 Å². The Morgan fingerprint density at radius 2 is 2.10 bits per heavy atom. The van der Waals surface area contributed by atoms with Gasteiger partial charge in [-0.1, -0.05) is 12.1 Å². The maximum atomic E-state index is 11.9. The number of carbonyl (C=O) groups excluding carboxylic acids is 1. The maximum absolute atomic E-state index is 11.9. The zero-order chi connectivity index (χ0) is 14.5. The number of carbonyl (C=O) groups is 1. The Morgan fingerprint density at radius 1 is 1.30 bits per heavy atom. The van der Waals surface area contributed by atoms with Gasteiger partial charge in [0.25, 0.3) is 0 Å². The second kappa shape index (κ2) is 6.28. The first-order valence-corrected chi connectivity index (χ1v) is 6.54. The molecule has 20 heavy (non-hydrogen) atoms. The minimum Gasteiger partial charge on any atom is -0.497 e. The quantitative estimate of drug-likeness (QED) is 0.911. The lowest BCUT2D eigenvalue weighted by molar-refractivity contribution is -0.120. The summed E-state index contributed by atoms with van der Waals surface area (Å²) in [6.45, 7) is 4.29. The largest absolute Gasteiger partial charge is 0.497 e. The Bertz CT molecular complexity index is 602. The molecule has 2 aromatic rings. The van der Waals surface area contributed by atoms with Gasteiger partial charge in [-0.05, 0) is 37.6 Å². The van der Waals surface area contributed by atoms with Crippen LogP contribution in [0.1, 0.15) is 22.6 Å². The minimum atomic E-state index is -0.0171. The highest BCUT2D eigenvalue weighted by Crippen LogP contribution is 2.14. The molecule has 1 N–H and O–H groups in total. The fourth-order valence-corrected chi connectivity index (χ4v) is 2.08. The van der Waals surface area contributed by atoms with E-state index >= 15 is 0 Å². The Hall–Kier alpha value is -2.23. The molecule has 1 aromatic heterocycles. The third kappa shape index (κ3) is 3.63. The molecule has 0 unspecified atom stereocenters. The molecule has 0 radical (unpaired) electrons. The van der Waals surface area contributed by atoms with Gasteiger partial charge in [-0.15, -0.1) is 0 Å². The molecule has 0 bridgehead atoms. The van der Waals surface area contributed by atoms with Crippen LogP contribution in [0.4, 0.5) is 0 Å². The van der Waals surface area contributed by atoms with Gasteiger partial charge >= 0.3 is 0 Å². The lowest BCUT2D eigenvalue weighted by atomic mass is 10.1. The molecule has 106 valence electrons. The predicted octanol–water partition coefficient (Wildman–Crippen LogP) is 2.76. The van der Waals surface area contributed by atoms with Gasteiger partial charge in [0.15, 0.2) is 0 Å². The van der Waals surface area contributed by atoms with E-state index in [0.29, 0.717) is 13.0 Å². The van der Waals surface area contributed by atoms with Gasteiger partial charge < -0.3 is 14.5 Å². The van der Waals surface area contributed by atoms with E-state index in [-0.39, 0.29) is 5.91 Å². The van der Waals surface area contributed by atoms with E-state index in [1.807, 2.05) is 44.2 Å². The second-order valence-electron chi connectivity index (χ2n) is 4.74. The first-order chi connectivity index (χ1) is 9.58. The third-order valence-electron chi connectivity index (χ3n) is 3.12. The van der Waals surface area contributed by atoms with Gasteiger partial charge in [0.05, 0.1) is 13.5 Å². The van der Waals surface area contributed by atoms with Crippen LogP contribution in [0, 0.1) is 13.8 Å². The number of hydrogen-bond donors (Lipinski definition) is 1. The molecule has 0 saturated heterocycles. The van der Waals surface area contributed by atoms with Crippen molar-refractivity contribution < 1.29 is 13.9 Å². The Balaban J connectivity index is 1.90. The number of rotatable bonds is 5. The number of furan rings is 1. The molecule has 0 aliphatic rings. The zero-order valence-corrected chi connectivity index (χ0v) is 12.0. The topological polar surface area (TPSA) is 51.5 Å². The van der Waals surface area contributed by atoms with Crippen LogP contribution in [0.15, 0.2) is 34.7 Å². The fourth-order valence-electron chi connectivity index (χ4n) is 2.08. The molecule has 0 aliphatic carbocycles. The van der Waals surface area contributed by atoms with E-state index in [2.05, 4.69) is 5.32 Å². The average molecular weight is 273 g/mol. The summed E-state index contributed by atoms with van der Waals surface area (Å²) in [6, 6.07) is 9.47. The summed E-state index contributed by atoms with van der Waals surface area (Å²) in [4.78, 5) is 11.9. The Morgan fingerprint density at radius 3 is 2.75 bits per heavy atom. The molecule has 0 fully saturated rings. The monoisotopic (exact) mass is 273 g/mol. The standard InChI is InChI=1S/C16H19NO3/c1-11-7-14(12(2)20-11)10-17-16(18)9-13-5-4-6-15(8-13)19-3/h4-8H,9-10H2,1-3H3,(H,17,18). The third-order valence-corrected chi connectivity index (χ3v) is 3.12. The van der Waals surface area contributed by atoms with Crippen molar-refractivity contribution in [1.29, 1.82) is 0 Å². The van der Waals surface area contributed by atoms with E-state index in [1.165, 1.54) is 0 Å². The summed E-state index contributed by atoms with van der Waals surface area (Å²) in [5.74, 6) is 2.46. The van der Waals surface area contributed by atoms with Gasteiger partial charge in [-0.2, -0.15) is 0 Å². The summed E-state index contributed by atoms with van der Waals surface area (Å²) >= 11 is 0. The summed E-state index contributed by atoms with van der Waals surface area (Å²) in [5, 5.41) is 2.90. The second-order valence-corrected chi connectivity index (χ2v) is 4.74. The van der Waals surface area contributed by atoms with E-state index in [0.717, 1.165) is 28.4 Å². The van der Waals surface area contributed by atoms with E-state index in [1.54, 1.807) is 7.11 Å². The normalized spacial score (nSPS) is 10.3. The number of nitrogens with one attached hydrogen (secondary N) is 1. The van der Waals surface area contributed by atoms with Crippen LogP contribution < -0.4 is 10.1 Å². The number of hydrogen-bond acceptors (Lipinski definition) is 3. The molecular formula is C16H19NO3. The van der Waals surface area contributed by atoms with E-state index in [4.69, 9.17) is 9.15 Å². The van der Waals surface area contributed by atoms with Gasteiger partial charge in [-0.3, -0.25) is 4.79 Å². The van der Waals surface area contributed by atoms with Gasteiger partial charge in [0.1, 0.15) is 17.3 Å². The first-order valence-electron chi connectivity index (χ1n) is 6.54. The van der Waals surface area contributed by atoms with Crippen molar-refractivity contribution in [3.8, 4) is 5.75 Å². The van der Waals surface area contributed by atoms with E-state index in [9.17, 15) is 4.79 Å². The van der Waals surface area contributed by atoms with Gasteiger partial charge in [0, 0.05) is 12.1 Å². The summed E-state index contributed by atoms with van der Waals surface area (Å²) in [6.07, 6.45) is 0.340. The number of aryl methyl sites for hydroxylation is 2. The van der Waals surface area contributed by atoms with Crippen LogP contribution in [0.2, 0.25) is 0 Å². The number of methoxy groups -OCH3 is 1. The van der Waals surface area contributed by atoms with E-state index < -0.39 is 0 Å². The van der Waals surface area contributed by atoms with Crippen molar-refractivity contribution in [2.75, 3.05) is 7.11 Å². The van der Waals surface area contributed by atoms with Crippen LogP contribution in [-0.4, -0.2) is 13.0 Å². The number of benzene rings is 1. The van der Waals surface area contributed by atoms with Crippen LogP contribution in [0.25, 0.3) is 0 Å². The highest BCUT2D eigenvalue weighted by atomic mass is 16.5. The smallest absolute Gasteiger partial charge is 0.224 e. The molecule has 4 heteroatoms. The predicted molar refractivity (Wildman–Crippen MR) is 76.7 cm³/mol. The minimum absolute atomic E-state index is 0.0171. The fraction of sp³-hybridized carbons (Fsp3) is 0.312. The summed E-state index contributed by atoms with van der Waals surface area (Å²) in [5.41, 5.74) is 1.95. The Labute approximate surface area is 118 Å². The van der Waals surface area contributed by atoms with Crippen LogP contribution >= 0.6 is 0 Å². The molecule has 0 spiro atoms. The van der Waals surface area contributed by atoms with Crippen molar-refractivity contribution in [2.24, 2.45) is 0 Å². The molecule has 0 atom stereocenters. The summed E-state index contributed by atoms with van der Waals surface area (Å²) in [7, 11) is 1.61. The van der Waals surface area contributed by atoms with Crippen LogP contribution in [0.5, 0.6) is 5.75 Å². The molecule has 0 aliphatic heterocycles. The molecule has 2 rings (SSSR count). The number of amides is 1. The summed E-state index contributed by atoms with van der Waals surface area (Å²) < 4.78 is 10.6. The Kier molecular flexibility index (Phi) is 4.45. The number of ether oxygens (including phenoxy) is 1.